The third kappa shape index (κ3) is 8.46. The molecule has 2 aromatic carbocycles. The topological polar surface area (TPSA) is 169 Å². The van der Waals surface area contributed by atoms with Gasteiger partial charge in [0.05, 0.1) is 30.8 Å². The number of nitrogens with one attached hydrogen (secondary N) is 3. The Labute approximate surface area is 341 Å². The number of amides is 3. The number of aromatic nitrogens is 2. The first kappa shape index (κ1) is 40.5. The normalized spacial score (nSPS) is 22.4. The molecular weight excluding hydrogens is 788 g/mol. The van der Waals surface area contributed by atoms with Gasteiger partial charge in [0.1, 0.15) is 23.4 Å². The highest BCUT2D eigenvalue weighted by Gasteiger charge is 2.61. The van der Waals surface area contributed by atoms with Gasteiger partial charge in [0, 0.05) is 51.0 Å². The van der Waals surface area contributed by atoms with Crippen molar-refractivity contribution in [1.29, 1.82) is 0 Å². The summed E-state index contributed by atoms with van der Waals surface area (Å²) in [6.07, 6.45) is 3.79. The van der Waals surface area contributed by atoms with E-state index in [0.29, 0.717) is 40.0 Å². The van der Waals surface area contributed by atoms with Crippen LogP contribution in [0.15, 0.2) is 67.4 Å². The first-order valence-electron chi connectivity index (χ1n) is 18.9. The molecule has 4 aromatic rings. The zero-order chi connectivity index (χ0) is 40.9. The Balaban J connectivity index is 1.16. The number of aryl methyl sites for hydroxylation is 1. The van der Waals surface area contributed by atoms with Gasteiger partial charge in [0.15, 0.2) is 5.13 Å². The van der Waals surface area contributed by atoms with Gasteiger partial charge in [0.25, 0.3) is 5.91 Å². The second-order valence-corrected chi connectivity index (χ2v) is 19.7. The summed E-state index contributed by atoms with van der Waals surface area (Å²) in [6.45, 7) is 11.8. The van der Waals surface area contributed by atoms with Crippen molar-refractivity contribution >= 4 is 66.6 Å². The average molecular weight is 835 g/mol. The van der Waals surface area contributed by atoms with Crippen molar-refractivity contribution in [2.24, 2.45) is 11.3 Å². The summed E-state index contributed by atoms with van der Waals surface area (Å²) in [6, 6.07) is 13.7. The minimum absolute atomic E-state index is 0.132. The molecule has 3 aliphatic rings. The Bertz CT molecular complexity index is 2330. The molecule has 3 N–H and O–H groups in total. The number of halogens is 1. The molecule has 0 spiro atoms. The number of benzene rings is 2. The van der Waals surface area contributed by atoms with Crippen LogP contribution in [0.1, 0.15) is 57.8 Å². The van der Waals surface area contributed by atoms with E-state index in [-0.39, 0.29) is 31.7 Å². The minimum atomic E-state index is -3.85. The molecule has 7 rings (SSSR count). The van der Waals surface area contributed by atoms with Crippen LogP contribution in [0.25, 0.3) is 22.0 Å². The smallest absolute Gasteiger partial charge is 0.259 e. The number of sulfonamides is 1. The summed E-state index contributed by atoms with van der Waals surface area (Å²) >= 11 is 7.85. The van der Waals surface area contributed by atoms with Crippen LogP contribution in [0.5, 0.6) is 11.6 Å². The van der Waals surface area contributed by atoms with E-state index >= 15 is 0 Å². The summed E-state index contributed by atoms with van der Waals surface area (Å²) < 4.78 is 39.6. The van der Waals surface area contributed by atoms with Crippen LogP contribution in [-0.2, 0) is 24.4 Å². The standard InChI is InChI=1S/C41H47ClN6O7S2/c1-7-25-20-41(25,38(51)47-57(52,53)29-14-15-29)46-33(49)19-27-18-28(55-36-31-17-26(42)13-16-30(31)32(54-6)21-43-36)22-48(27)37(50)35(40(3,4)5)45-39-44-34(23(2)56-39)24-11-9-8-10-12-24/h7-13,16-17,21,25,27-29,35H,1,14-15,18-20,22H2,2-6H3,(H,44,45)(H,46,49)(H,47,51)/t25-,27+,28-,35-,41-/m1/s1. The van der Waals surface area contributed by atoms with Gasteiger partial charge < -0.3 is 25.0 Å². The van der Waals surface area contributed by atoms with Gasteiger partial charge in [-0.15, -0.1) is 17.9 Å². The van der Waals surface area contributed by atoms with Crippen LogP contribution in [0.2, 0.25) is 5.02 Å². The van der Waals surface area contributed by atoms with Crippen LogP contribution in [0.4, 0.5) is 5.13 Å². The van der Waals surface area contributed by atoms with Crippen molar-refractivity contribution in [3.63, 3.8) is 0 Å². The van der Waals surface area contributed by atoms with E-state index in [1.54, 1.807) is 36.4 Å². The molecule has 1 aliphatic heterocycles. The Morgan fingerprint density at radius 1 is 1.14 bits per heavy atom. The van der Waals surface area contributed by atoms with Crippen molar-refractivity contribution in [1.82, 2.24) is 24.9 Å². The second kappa shape index (κ2) is 15.6. The van der Waals surface area contributed by atoms with Gasteiger partial charge in [-0.25, -0.2) is 18.4 Å². The van der Waals surface area contributed by atoms with Crippen molar-refractivity contribution in [2.45, 2.75) is 88.8 Å². The number of anilines is 1. The minimum Gasteiger partial charge on any atom is -0.494 e. The summed E-state index contributed by atoms with van der Waals surface area (Å²) in [5, 5.41) is 8.10. The Hall–Kier alpha value is -4.73. The van der Waals surface area contributed by atoms with E-state index in [1.165, 1.54) is 11.3 Å². The lowest BCUT2D eigenvalue weighted by Crippen LogP contribution is -2.54. The molecule has 0 bridgehead atoms. The zero-order valence-corrected chi connectivity index (χ0v) is 34.9. The van der Waals surface area contributed by atoms with E-state index in [1.807, 2.05) is 64.1 Å². The van der Waals surface area contributed by atoms with Gasteiger partial charge >= 0.3 is 0 Å². The van der Waals surface area contributed by atoms with E-state index in [0.717, 1.165) is 21.5 Å². The molecule has 5 atom stereocenters. The van der Waals surface area contributed by atoms with Crippen molar-refractivity contribution in [3.05, 3.63) is 77.3 Å². The van der Waals surface area contributed by atoms with Gasteiger partial charge in [-0.3, -0.25) is 19.1 Å². The number of carbonyl (C=O) groups excluding carboxylic acids is 3. The third-order valence-corrected chi connectivity index (χ3v) is 13.8. The number of pyridine rings is 1. The fourth-order valence-electron chi connectivity index (χ4n) is 7.49. The highest BCUT2D eigenvalue weighted by molar-refractivity contribution is 7.91. The van der Waals surface area contributed by atoms with Crippen molar-refractivity contribution in [3.8, 4) is 22.9 Å². The number of rotatable bonds is 14. The number of ether oxygens (including phenoxy) is 2. The molecule has 0 unspecified atom stereocenters. The lowest BCUT2D eigenvalue weighted by molar-refractivity contribution is -0.136. The first-order valence-corrected chi connectivity index (χ1v) is 21.7. The molecule has 3 heterocycles. The molecule has 302 valence electrons. The van der Waals surface area contributed by atoms with E-state index in [2.05, 4.69) is 26.9 Å². The number of fused-ring (bicyclic) bond motifs is 1. The predicted octanol–water partition coefficient (Wildman–Crippen LogP) is 6.26. The molecule has 2 aliphatic carbocycles. The number of hydrogen-bond donors (Lipinski definition) is 3. The Morgan fingerprint density at radius 2 is 1.88 bits per heavy atom. The highest BCUT2D eigenvalue weighted by atomic mass is 35.5. The average Bonchev–Trinajstić information content (AvgIpc) is 4.07. The second-order valence-electron chi connectivity index (χ2n) is 16.1. The van der Waals surface area contributed by atoms with Crippen LogP contribution in [0.3, 0.4) is 0 Å². The molecular formula is C41H47ClN6O7S2. The molecule has 57 heavy (non-hydrogen) atoms. The lowest BCUT2D eigenvalue weighted by Gasteiger charge is -2.35. The maximum Gasteiger partial charge on any atom is 0.259 e. The van der Waals surface area contributed by atoms with Crippen LogP contribution in [0, 0.1) is 18.3 Å². The largest absolute Gasteiger partial charge is 0.494 e. The summed E-state index contributed by atoms with van der Waals surface area (Å²) in [7, 11) is -2.30. The third-order valence-electron chi connectivity index (χ3n) is 10.8. The molecule has 16 heteroatoms. The van der Waals surface area contributed by atoms with E-state index < -0.39 is 62.1 Å². The number of thiazole rings is 1. The summed E-state index contributed by atoms with van der Waals surface area (Å²) in [5.74, 6) is -1.16. The Morgan fingerprint density at radius 3 is 2.53 bits per heavy atom. The number of carbonyl (C=O) groups is 3. The quantitative estimate of drug-likeness (QED) is 0.123. The fraction of sp³-hybridized carbons (Fsp3) is 0.439. The Kier molecular flexibility index (Phi) is 11.0. The number of hydrogen-bond acceptors (Lipinski definition) is 11. The van der Waals surface area contributed by atoms with E-state index in [9.17, 15) is 22.8 Å². The van der Waals surface area contributed by atoms with Crippen LogP contribution >= 0.6 is 22.9 Å². The fourth-order valence-corrected chi connectivity index (χ4v) is 9.89. The zero-order valence-electron chi connectivity index (χ0n) is 32.5. The lowest BCUT2D eigenvalue weighted by atomic mass is 9.85. The van der Waals surface area contributed by atoms with Gasteiger partial charge in [-0.05, 0) is 49.8 Å². The van der Waals surface area contributed by atoms with Crippen LogP contribution < -0.4 is 24.8 Å². The molecule has 13 nitrogen and oxygen atoms in total. The summed E-state index contributed by atoms with van der Waals surface area (Å²) in [5.41, 5.74) is -0.257. The maximum atomic E-state index is 14.9. The van der Waals surface area contributed by atoms with Gasteiger partial charge in [-0.2, -0.15) is 0 Å². The maximum absolute atomic E-state index is 14.9. The van der Waals surface area contributed by atoms with Crippen LogP contribution in [-0.4, -0.2) is 83.6 Å². The van der Waals surface area contributed by atoms with Crippen molar-refractivity contribution < 1.29 is 32.3 Å². The summed E-state index contributed by atoms with van der Waals surface area (Å²) in [4.78, 5) is 54.3. The predicted molar refractivity (Wildman–Crippen MR) is 221 cm³/mol. The molecule has 3 amide bonds. The SMILES string of the molecule is C=C[C@@H]1C[C@]1(NC(=O)C[C@@H]1C[C@@H](Oc2ncc(OC)c3ccc(Cl)cc23)CN1C(=O)[C@@H](Nc1nc(-c2ccccc2)c(C)s1)C(C)(C)C)C(=O)NS(=O)(=O)C1CC1. The highest BCUT2D eigenvalue weighted by Crippen LogP contribution is 2.45. The van der Waals surface area contributed by atoms with Crippen molar-refractivity contribution in [2.75, 3.05) is 19.0 Å². The number of nitrogens with zero attached hydrogens (tertiary/aromatic N) is 3. The molecule has 2 aromatic heterocycles. The monoisotopic (exact) mass is 834 g/mol. The number of methoxy groups -OCH3 is 1. The van der Waals surface area contributed by atoms with Gasteiger partial charge in [-0.1, -0.05) is 68.8 Å². The van der Waals surface area contributed by atoms with E-state index in [4.69, 9.17) is 26.1 Å². The molecule has 3 fully saturated rings. The van der Waals surface area contributed by atoms with Gasteiger partial charge in [0.2, 0.25) is 27.7 Å². The molecule has 0 radical (unpaired) electrons. The molecule has 1 saturated heterocycles. The number of likely N-dealkylation sites (tertiary alicyclic amines) is 1. The first-order chi connectivity index (χ1) is 27.0. The molecule has 2 saturated carbocycles.